The molecule has 2 atom stereocenters. The van der Waals surface area contributed by atoms with Crippen molar-refractivity contribution < 1.29 is 14.4 Å². The molecule has 6 nitrogen and oxygen atoms in total. The fourth-order valence-electron chi connectivity index (χ4n) is 4.14. The van der Waals surface area contributed by atoms with E-state index >= 15 is 0 Å². The van der Waals surface area contributed by atoms with Crippen LogP contribution in [0.4, 0.5) is 0 Å². The van der Waals surface area contributed by atoms with Crippen LogP contribution in [0.2, 0.25) is 0 Å². The van der Waals surface area contributed by atoms with Crippen LogP contribution in [-0.2, 0) is 20.9 Å². The molecule has 1 aliphatic carbocycles. The molecule has 3 amide bonds. The summed E-state index contributed by atoms with van der Waals surface area (Å²) >= 11 is 0. The van der Waals surface area contributed by atoms with E-state index in [0.29, 0.717) is 6.54 Å². The highest BCUT2D eigenvalue weighted by atomic mass is 16.2. The number of imide groups is 1. The van der Waals surface area contributed by atoms with Gasteiger partial charge in [0.25, 0.3) is 0 Å². The highest BCUT2D eigenvalue weighted by molar-refractivity contribution is 6.07. The average molecular weight is 377 g/mol. The summed E-state index contributed by atoms with van der Waals surface area (Å²) in [5.74, 6) is -1.09. The van der Waals surface area contributed by atoms with E-state index in [2.05, 4.69) is 10.3 Å². The topological polar surface area (TPSA) is 79.4 Å². The van der Waals surface area contributed by atoms with Gasteiger partial charge in [0, 0.05) is 18.9 Å². The van der Waals surface area contributed by atoms with Crippen LogP contribution in [-0.4, -0.2) is 34.2 Å². The zero-order valence-corrected chi connectivity index (χ0v) is 15.6. The van der Waals surface area contributed by atoms with E-state index in [-0.39, 0.29) is 36.1 Å². The van der Waals surface area contributed by atoms with Crippen LogP contribution in [0.5, 0.6) is 0 Å². The van der Waals surface area contributed by atoms with Crippen molar-refractivity contribution in [2.45, 2.75) is 32.2 Å². The molecule has 1 aliphatic heterocycles. The van der Waals surface area contributed by atoms with Crippen LogP contribution < -0.4 is 5.32 Å². The normalized spacial score (nSPS) is 21.5. The molecule has 1 aromatic heterocycles. The zero-order chi connectivity index (χ0) is 19.5. The predicted octanol–water partition coefficient (Wildman–Crippen LogP) is 2.54. The number of benzene rings is 1. The Morgan fingerprint density at radius 2 is 1.68 bits per heavy atom. The summed E-state index contributed by atoms with van der Waals surface area (Å²) < 4.78 is 0. The summed E-state index contributed by atoms with van der Waals surface area (Å²) in [5.41, 5.74) is 3.04. The van der Waals surface area contributed by atoms with Crippen molar-refractivity contribution in [3.63, 3.8) is 0 Å². The Labute approximate surface area is 164 Å². The van der Waals surface area contributed by atoms with Gasteiger partial charge in [0.05, 0.1) is 11.8 Å². The van der Waals surface area contributed by atoms with Gasteiger partial charge in [0.2, 0.25) is 17.7 Å². The monoisotopic (exact) mass is 377 g/mol. The van der Waals surface area contributed by atoms with Crippen LogP contribution >= 0.6 is 0 Å². The summed E-state index contributed by atoms with van der Waals surface area (Å²) in [6.45, 7) is 0.174. The Hall–Kier alpha value is -3.02. The number of amides is 3. The number of likely N-dealkylation sites (tertiary alicyclic amines) is 1. The lowest BCUT2D eigenvalue weighted by Crippen LogP contribution is -2.40. The first-order valence-corrected chi connectivity index (χ1v) is 9.75. The number of fused-ring (bicyclic) bond motifs is 1. The standard InChI is InChI=1S/C22H23N3O3/c26-20(14-25-21(27)18-5-1-2-6-19(18)22(25)28)24-12-15-7-9-16(10-8-15)17-4-3-11-23-13-17/h3-4,7-11,13,18-19H,1-2,5-6,12,14H2,(H,24,26). The van der Waals surface area contributed by atoms with Crippen molar-refractivity contribution in [2.75, 3.05) is 6.54 Å². The lowest BCUT2D eigenvalue weighted by Gasteiger charge is -2.19. The molecule has 0 bridgehead atoms. The van der Waals surface area contributed by atoms with Crippen molar-refractivity contribution >= 4 is 17.7 Å². The smallest absolute Gasteiger partial charge is 0.240 e. The molecule has 6 heteroatoms. The number of nitrogens with one attached hydrogen (secondary N) is 1. The molecule has 2 aromatic rings. The van der Waals surface area contributed by atoms with Crippen molar-refractivity contribution in [3.05, 3.63) is 54.4 Å². The van der Waals surface area contributed by atoms with Crippen LogP contribution in [0, 0.1) is 11.8 Å². The molecule has 144 valence electrons. The molecule has 1 aromatic carbocycles. The fraction of sp³-hybridized carbons (Fsp3) is 0.364. The quantitative estimate of drug-likeness (QED) is 0.812. The predicted molar refractivity (Wildman–Crippen MR) is 104 cm³/mol. The average Bonchev–Trinajstić information content (AvgIpc) is 2.98. The Morgan fingerprint density at radius 3 is 2.29 bits per heavy atom. The van der Waals surface area contributed by atoms with Crippen molar-refractivity contribution in [1.29, 1.82) is 0 Å². The largest absolute Gasteiger partial charge is 0.350 e. The minimum absolute atomic E-state index is 0.175. The zero-order valence-electron chi connectivity index (χ0n) is 15.6. The van der Waals surface area contributed by atoms with Crippen LogP contribution in [0.1, 0.15) is 31.2 Å². The highest BCUT2D eigenvalue weighted by Crippen LogP contribution is 2.37. The number of nitrogens with zero attached hydrogens (tertiary/aromatic N) is 2. The van der Waals surface area contributed by atoms with Crippen molar-refractivity contribution in [2.24, 2.45) is 11.8 Å². The molecule has 2 fully saturated rings. The molecule has 28 heavy (non-hydrogen) atoms. The summed E-state index contributed by atoms with van der Waals surface area (Å²) in [4.78, 5) is 42.5. The molecule has 1 saturated carbocycles. The second-order valence-electron chi connectivity index (χ2n) is 7.48. The van der Waals surface area contributed by atoms with Crippen LogP contribution in [0.25, 0.3) is 11.1 Å². The van der Waals surface area contributed by atoms with Gasteiger partial charge in [-0.25, -0.2) is 0 Å². The minimum atomic E-state index is -0.309. The van der Waals surface area contributed by atoms with Crippen LogP contribution in [0.15, 0.2) is 48.8 Å². The summed E-state index contributed by atoms with van der Waals surface area (Å²) in [6.07, 6.45) is 7.02. The van der Waals surface area contributed by atoms with Gasteiger partial charge in [-0.05, 0) is 35.6 Å². The van der Waals surface area contributed by atoms with E-state index in [0.717, 1.165) is 47.3 Å². The van der Waals surface area contributed by atoms with E-state index in [1.807, 2.05) is 36.4 Å². The van der Waals surface area contributed by atoms with E-state index in [1.54, 1.807) is 12.4 Å². The third-order valence-electron chi connectivity index (χ3n) is 5.67. The van der Waals surface area contributed by atoms with E-state index in [1.165, 1.54) is 0 Å². The SMILES string of the molecule is O=C(CN1C(=O)C2CCCCC2C1=O)NCc1ccc(-c2cccnc2)cc1. The third kappa shape index (κ3) is 3.67. The molecule has 1 saturated heterocycles. The maximum absolute atomic E-state index is 12.5. The number of hydrogen-bond donors (Lipinski definition) is 1. The van der Waals surface area contributed by atoms with Crippen LogP contribution in [0.3, 0.4) is 0 Å². The fourth-order valence-corrected chi connectivity index (χ4v) is 4.14. The first-order valence-electron chi connectivity index (χ1n) is 9.75. The van der Waals surface area contributed by atoms with Gasteiger partial charge < -0.3 is 5.32 Å². The van der Waals surface area contributed by atoms with Gasteiger partial charge in [-0.3, -0.25) is 24.3 Å². The van der Waals surface area contributed by atoms with Gasteiger partial charge in [-0.1, -0.05) is 43.2 Å². The molecule has 2 aliphatic rings. The molecular formula is C22H23N3O3. The number of rotatable bonds is 5. The van der Waals surface area contributed by atoms with Gasteiger partial charge in [0.1, 0.15) is 6.54 Å². The van der Waals surface area contributed by atoms with Crippen molar-refractivity contribution in [3.8, 4) is 11.1 Å². The maximum atomic E-state index is 12.5. The number of hydrogen-bond acceptors (Lipinski definition) is 4. The Bertz CT molecular complexity index is 856. The van der Waals surface area contributed by atoms with E-state index in [9.17, 15) is 14.4 Å². The Balaban J connectivity index is 1.32. The third-order valence-corrected chi connectivity index (χ3v) is 5.67. The van der Waals surface area contributed by atoms with Gasteiger partial charge >= 0.3 is 0 Å². The molecule has 2 unspecified atom stereocenters. The highest BCUT2D eigenvalue weighted by Gasteiger charge is 2.48. The van der Waals surface area contributed by atoms with Gasteiger partial charge in [-0.15, -0.1) is 0 Å². The second-order valence-corrected chi connectivity index (χ2v) is 7.48. The van der Waals surface area contributed by atoms with E-state index < -0.39 is 0 Å². The summed E-state index contributed by atoms with van der Waals surface area (Å²) in [7, 11) is 0. The second kappa shape index (κ2) is 7.92. The first kappa shape index (κ1) is 18.3. The van der Waals surface area contributed by atoms with Gasteiger partial charge in [-0.2, -0.15) is 0 Å². The lowest BCUT2D eigenvalue weighted by atomic mass is 9.81. The minimum Gasteiger partial charge on any atom is -0.350 e. The molecular weight excluding hydrogens is 354 g/mol. The van der Waals surface area contributed by atoms with Gasteiger partial charge in [0.15, 0.2) is 0 Å². The maximum Gasteiger partial charge on any atom is 0.240 e. The molecule has 1 N–H and O–H groups in total. The molecule has 0 radical (unpaired) electrons. The van der Waals surface area contributed by atoms with E-state index in [4.69, 9.17) is 0 Å². The number of carbonyl (C=O) groups excluding carboxylic acids is 3. The number of carbonyl (C=O) groups is 3. The first-order chi connectivity index (χ1) is 13.6. The molecule has 2 heterocycles. The Kier molecular flexibility index (Phi) is 5.19. The number of aromatic nitrogens is 1. The lowest BCUT2D eigenvalue weighted by molar-refractivity contribution is -0.143. The number of pyridine rings is 1. The summed E-state index contributed by atoms with van der Waals surface area (Å²) in [6, 6.07) is 11.7. The summed E-state index contributed by atoms with van der Waals surface area (Å²) in [5, 5.41) is 2.81. The molecule has 4 rings (SSSR count). The molecule has 0 spiro atoms. The Morgan fingerprint density at radius 1 is 1.00 bits per heavy atom. The van der Waals surface area contributed by atoms with Crippen molar-refractivity contribution in [1.82, 2.24) is 15.2 Å².